The standard InChI is InChI=1S/C19H17NO2/c1-2-15(18-10-11-20-19(18)3-1)7-4-14-5-8-16(9-6-14)21-12-17-13-22-17/h1-11,17,20H,12-13H2. The predicted octanol–water partition coefficient (Wildman–Crippen LogP) is 4.12. The van der Waals surface area contributed by atoms with E-state index in [0.717, 1.165) is 23.4 Å². The third kappa shape index (κ3) is 2.90. The zero-order valence-corrected chi connectivity index (χ0v) is 12.2. The third-order valence-electron chi connectivity index (χ3n) is 3.80. The molecule has 1 fully saturated rings. The number of aromatic amines is 1. The molecule has 0 saturated carbocycles. The fraction of sp³-hybridized carbons (Fsp3) is 0.158. The Morgan fingerprint density at radius 1 is 1.09 bits per heavy atom. The molecular weight excluding hydrogens is 274 g/mol. The maximum Gasteiger partial charge on any atom is 0.119 e. The smallest absolute Gasteiger partial charge is 0.119 e. The van der Waals surface area contributed by atoms with E-state index in [0.29, 0.717) is 12.7 Å². The molecule has 4 rings (SSSR count). The van der Waals surface area contributed by atoms with Crippen molar-refractivity contribution in [3.05, 3.63) is 65.9 Å². The summed E-state index contributed by atoms with van der Waals surface area (Å²) >= 11 is 0. The molecule has 2 heterocycles. The van der Waals surface area contributed by atoms with Crippen molar-refractivity contribution in [1.29, 1.82) is 0 Å². The normalized spacial score (nSPS) is 17.2. The largest absolute Gasteiger partial charge is 0.491 e. The van der Waals surface area contributed by atoms with Crippen molar-refractivity contribution in [2.45, 2.75) is 6.10 Å². The van der Waals surface area contributed by atoms with Gasteiger partial charge in [-0.25, -0.2) is 0 Å². The van der Waals surface area contributed by atoms with Crippen LogP contribution in [0.5, 0.6) is 5.75 Å². The van der Waals surface area contributed by atoms with Crippen LogP contribution in [0.2, 0.25) is 0 Å². The van der Waals surface area contributed by atoms with Gasteiger partial charge in [0.25, 0.3) is 0 Å². The minimum atomic E-state index is 0.293. The molecule has 22 heavy (non-hydrogen) atoms. The molecule has 0 aliphatic carbocycles. The molecule has 1 unspecified atom stereocenters. The first-order valence-electron chi connectivity index (χ1n) is 7.47. The number of aromatic nitrogens is 1. The average molecular weight is 291 g/mol. The number of hydrogen-bond donors (Lipinski definition) is 1. The van der Waals surface area contributed by atoms with Crippen molar-refractivity contribution in [3.8, 4) is 5.75 Å². The highest BCUT2D eigenvalue weighted by Crippen LogP contribution is 2.21. The molecule has 110 valence electrons. The van der Waals surface area contributed by atoms with E-state index >= 15 is 0 Å². The summed E-state index contributed by atoms with van der Waals surface area (Å²) in [5.41, 5.74) is 3.53. The van der Waals surface area contributed by atoms with Crippen molar-refractivity contribution >= 4 is 23.1 Å². The number of ether oxygens (including phenoxy) is 2. The molecule has 3 heteroatoms. The topological polar surface area (TPSA) is 37.5 Å². The van der Waals surface area contributed by atoms with Gasteiger partial charge in [-0.3, -0.25) is 0 Å². The van der Waals surface area contributed by atoms with Gasteiger partial charge < -0.3 is 14.5 Å². The van der Waals surface area contributed by atoms with Crippen molar-refractivity contribution < 1.29 is 9.47 Å². The summed E-state index contributed by atoms with van der Waals surface area (Å²) in [5, 5.41) is 1.24. The molecule has 0 bridgehead atoms. The van der Waals surface area contributed by atoms with Gasteiger partial charge in [0, 0.05) is 17.1 Å². The Hall–Kier alpha value is -2.52. The molecule has 1 aliphatic rings. The maximum absolute atomic E-state index is 5.64. The summed E-state index contributed by atoms with van der Waals surface area (Å²) in [6.07, 6.45) is 6.53. The number of epoxide rings is 1. The van der Waals surface area contributed by atoms with E-state index < -0.39 is 0 Å². The Morgan fingerprint density at radius 3 is 2.77 bits per heavy atom. The Morgan fingerprint density at radius 2 is 1.95 bits per heavy atom. The number of hydrogen-bond acceptors (Lipinski definition) is 2. The van der Waals surface area contributed by atoms with E-state index in [9.17, 15) is 0 Å². The van der Waals surface area contributed by atoms with Gasteiger partial charge in [0.2, 0.25) is 0 Å². The monoisotopic (exact) mass is 291 g/mol. The zero-order valence-electron chi connectivity index (χ0n) is 12.2. The number of benzene rings is 2. The summed E-state index contributed by atoms with van der Waals surface area (Å²) in [5.74, 6) is 0.889. The summed E-state index contributed by atoms with van der Waals surface area (Å²) in [6.45, 7) is 1.47. The first-order chi connectivity index (χ1) is 10.9. The van der Waals surface area contributed by atoms with Gasteiger partial charge in [0.1, 0.15) is 18.5 Å². The highest BCUT2D eigenvalue weighted by atomic mass is 16.6. The fourth-order valence-electron chi connectivity index (χ4n) is 2.47. The lowest BCUT2D eigenvalue weighted by molar-refractivity contribution is 0.263. The summed E-state index contributed by atoms with van der Waals surface area (Å²) < 4.78 is 10.8. The van der Waals surface area contributed by atoms with E-state index in [1.807, 2.05) is 18.3 Å². The van der Waals surface area contributed by atoms with Crippen molar-refractivity contribution in [2.24, 2.45) is 0 Å². The van der Waals surface area contributed by atoms with Gasteiger partial charge in [-0.2, -0.15) is 0 Å². The lowest BCUT2D eigenvalue weighted by Crippen LogP contribution is -2.03. The van der Waals surface area contributed by atoms with Crippen LogP contribution < -0.4 is 4.74 Å². The molecule has 1 aromatic heterocycles. The van der Waals surface area contributed by atoms with Gasteiger partial charge in [-0.15, -0.1) is 0 Å². The molecule has 1 saturated heterocycles. The van der Waals surface area contributed by atoms with Gasteiger partial charge in [-0.05, 0) is 35.4 Å². The van der Waals surface area contributed by atoms with Gasteiger partial charge in [0.05, 0.1) is 6.61 Å². The second-order valence-corrected chi connectivity index (χ2v) is 5.45. The van der Waals surface area contributed by atoms with Crippen LogP contribution in [0.1, 0.15) is 11.1 Å². The van der Waals surface area contributed by atoms with E-state index in [4.69, 9.17) is 9.47 Å². The van der Waals surface area contributed by atoms with E-state index in [1.165, 1.54) is 10.9 Å². The SMILES string of the molecule is C(=Cc1cccc2[nH]ccc12)c1ccc(OCC2CO2)cc1. The van der Waals surface area contributed by atoms with Crippen molar-refractivity contribution in [1.82, 2.24) is 4.98 Å². The summed E-state index contributed by atoms with van der Waals surface area (Å²) in [7, 11) is 0. The zero-order chi connectivity index (χ0) is 14.8. The minimum Gasteiger partial charge on any atom is -0.491 e. The number of H-pyrrole nitrogens is 1. The summed E-state index contributed by atoms with van der Waals surface area (Å²) in [6, 6.07) is 16.5. The molecule has 1 atom stereocenters. The Kier molecular flexibility index (Phi) is 3.41. The van der Waals surface area contributed by atoms with Crippen LogP contribution in [0.25, 0.3) is 23.1 Å². The van der Waals surface area contributed by atoms with Gasteiger partial charge in [0.15, 0.2) is 0 Å². The number of rotatable bonds is 5. The van der Waals surface area contributed by atoms with Crippen LogP contribution in [0, 0.1) is 0 Å². The molecule has 3 aromatic rings. The molecule has 1 N–H and O–H groups in total. The molecule has 3 nitrogen and oxygen atoms in total. The van der Waals surface area contributed by atoms with E-state index in [-0.39, 0.29) is 0 Å². The van der Waals surface area contributed by atoms with Gasteiger partial charge in [-0.1, -0.05) is 36.4 Å². The molecule has 0 amide bonds. The Bertz CT molecular complexity index is 798. The van der Waals surface area contributed by atoms with Crippen LogP contribution in [0.15, 0.2) is 54.7 Å². The molecular formula is C19H17NO2. The van der Waals surface area contributed by atoms with Crippen LogP contribution >= 0.6 is 0 Å². The van der Waals surface area contributed by atoms with Crippen molar-refractivity contribution in [3.63, 3.8) is 0 Å². The Balaban J connectivity index is 1.48. The number of fused-ring (bicyclic) bond motifs is 1. The van der Waals surface area contributed by atoms with E-state index in [2.05, 4.69) is 53.5 Å². The fourth-order valence-corrected chi connectivity index (χ4v) is 2.47. The predicted molar refractivity (Wildman–Crippen MR) is 88.9 cm³/mol. The first kappa shape index (κ1) is 13.2. The molecule has 0 spiro atoms. The third-order valence-corrected chi connectivity index (χ3v) is 3.80. The van der Waals surface area contributed by atoms with E-state index in [1.54, 1.807) is 0 Å². The minimum absolute atomic E-state index is 0.293. The maximum atomic E-state index is 5.64. The molecule has 0 radical (unpaired) electrons. The van der Waals surface area contributed by atoms with Crippen LogP contribution in [0.4, 0.5) is 0 Å². The second-order valence-electron chi connectivity index (χ2n) is 5.45. The van der Waals surface area contributed by atoms with Crippen molar-refractivity contribution in [2.75, 3.05) is 13.2 Å². The molecule has 2 aromatic carbocycles. The number of nitrogens with one attached hydrogen (secondary N) is 1. The lowest BCUT2D eigenvalue weighted by Gasteiger charge is -2.04. The highest BCUT2D eigenvalue weighted by molar-refractivity contribution is 5.91. The quantitative estimate of drug-likeness (QED) is 0.567. The highest BCUT2D eigenvalue weighted by Gasteiger charge is 2.22. The van der Waals surface area contributed by atoms with Crippen LogP contribution in [-0.2, 0) is 4.74 Å². The van der Waals surface area contributed by atoms with Crippen LogP contribution in [-0.4, -0.2) is 24.3 Å². The average Bonchev–Trinajstić information content (AvgIpc) is 3.26. The first-order valence-corrected chi connectivity index (χ1v) is 7.47. The second kappa shape index (κ2) is 5.70. The van der Waals surface area contributed by atoms with Gasteiger partial charge >= 0.3 is 0 Å². The summed E-state index contributed by atoms with van der Waals surface area (Å²) in [4.78, 5) is 3.23. The molecule has 1 aliphatic heterocycles. The Labute approximate surface area is 129 Å². The van der Waals surface area contributed by atoms with Crippen LogP contribution in [0.3, 0.4) is 0 Å². The lowest BCUT2D eigenvalue weighted by atomic mass is 10.1.